The van der Waals surface area contributed by atoms with Crippen LogP contribution in [0.2, 0.25) is 0 Å². The summed E-state index contributed by atoms with van der Waals surface area (Å²) in [6.07, 6.45) is 1.95. The molecule has 0 atom stereocenters. The number of carbonyl (C=O) groups is 1. The number of anilines is 1. The number of aromatic nitrogens is 2. The first kappa shape index (κ1) is 24.5. The smallest absolute Gasteiger partial charge is 0.314 e. The van der Waals surface area contributed by atoms with Crippen molar-refractivity contribution in [2.75, 3.05) is 38.5 Å². The fourth-order valence-corrected chi connectivity index (χ4v) is 4.19. The van der Waals surface area contributed by atoms with Crippen LogP contribution in [-0.4, -0.2) is 59.9 Å². The Morgan fingerprint density at radius 3 is 2.63 bits per heavy atom. The number of hydrogen-bond donors (Lipinski definition) is 3. The number of hydrogen-bond acceptors (Lipinski definition) is 7. The highest BCUT2D eigenvalue weighted by molar-refractivity contribution is 5.73. The molecule has 0 fully saturated rings. The third kappa shape index (κ3) is 6.30. The van der Waals surface area contributed by atoms with Gasteiger partial charge in [0.1, 0.15) is 5.75 Å². The van der Waals surface area contributed by atoms with Crippen LogP contribution >= 0.6 is 0 Å². The first-order valence-electron chi connectivity index (χ1n) is 12.2. The fraction of sp³-hybridized carbons (Fsp3) is 0.423. The van der Waals surface area contributed by atoms with Crippen LogP contribution in [-0.2, 0) is 12.8 Å². The molecule has 0 saturated carbocycles. The van der Waals surface area contributed by atoms with E-state index in [2.05, 4.69) is 37.8 Å². The van der Waals surface area contributed by atoms with Gasteiger partial charge in [-0.15, -0.1) is 0 Å². The Morgan fingerprint density at radius 2 is 1.89 bits per heavy atom. The minimum absolute atomic E-state index is 0.0439. The molecule has 0 spiro atoms. The Labute approximate surface area is 206 Å². The monoisotopic (exact) mass is 478 g/mol. The summed E-state index contributed by atoms with van der Waals surface area (Å²) in [5.41, 5.74) is 11.0. The van der Waals surface area contributed by atoms with Crippen molar-refractivity contribution in [2.24, 2.45) is 0 Å². The van der Waals surface area contributed by atoms with Crippen LogP contribution in [0, 0.1) is 0 Å². The number of fused-ring (bicyclic) bond motifs is 1. The van der Waals surface area contributed by atoms with Crippen molar-refractivity contribution in [1.82, 2.24) is 25.7 Å². The number of amides is 2. The zero-order valence-electron chi connectivity index (χ0n) is 20.6. The van der Waals surface area contributed by atoms with E-state index in [1.165, 1.54) is 11.1 Å². The summed E-state index contributed by atoms with van der Waals surface area (Å²) in [7, 11) is 0. The van der Waals surface area contributed by atoms with Crippen LogP contribution < -0.4 is 21.1 Å². The molecule has 0 radical (unpaired) electrons. The molecule has 0 bridgehead atoms. The zero-order valence-corrected chi connectivity index (χ0v) is 20.6. The van der Waals surface area contributed by atoms with Crippen molar-refractivity contribution in [1.29, 1.82) is 0 Å². The normalized spacial score (nSPS) is 13.8. The molecule has 2 amide bonds. The summed E-state index contributed by atoms with van der Waals surface area (Å²) in [6.45, 7) is 9.82. The van der Waals surface area contributed by atoms with E-state index in [1.807, 2.05) is 39.0 Å². The van der Waals surface area contributed by atoms with Crippen molar-refractivity contribution >= 4 is 11.7 Å². The van der Waals surface area contributed by atoms with Crippen LogP contribution in [0.15, 0.2) is 40.9 Å². The van der Waals surface area contributed by atoms with Gasteiger partial charge in [-0.3, -0.25) is 0 Å². The fourth-order valence-electron chi connectivity index (χ4n) is 4.19. The van der Waals surface area contributed by atoms with Gasteiger partial charge in [-0.2, -0.15) is 4.98 Å². The highest BCUT2D eigenvalue weighted by atomic mass is 16.5. The molecule has 186 valence electrons. The molecule has 1 aromatic heterocycles. The number of nitrogens with zero attached hydrogens (tertiary/aromatic N) is 3. The second-order valence-electron chi connectivity index (χ2n) is 8.95. The summed E-state index contributed by atoms with van der Waals surface area (Å²) in [6, 6.07) is 11.8. The van der Waals surface area contributed by atoms with Crippen LogP contribution in [0.4, 0.5) is 10.5 Å². The lowest BCUT2D eigenvalue weighted by molar-refractivity contribution is 0.236. The summed E-state index contributed by atoms with van der Waals surface area (Å²) in [4.78, 5) is 18.6. The number of carbonyl (C=O) groups excluding carboxylic acids is 1. The number of benzene rings is 2. The molecule has 9 nitrogen and oxygen atoms in total. The van der Waals surface area contributed by atoms with Gasteiger partial charge in [0.15, 0.2) is 0 Å². The Hall–Kier alpha value is -3.59. The lowest BCUT2D eigenvalue weighted by Gasteiger charge is -2.19. The van der Waals surface area contributed by atoms with Crippen molar-refractivity contribution < 1.29 is 14.1 Å². The lowest BCUT2D eigenvalue weighted by Crippen LogP contribution is -2.40. The molecule has 2 aromatic carbocycles. The van der Waals surface area contributed by atoms with Gasteiger partial charge in [-0.25, -0.2) is 4.79 Å². The maximum Gasteiger partial charge on any atom is 0.314 e. The van der Waals surface area contributed by atoms with Gasteiger partial charge in [0.05, 0.1) is 11.8 Å². The van der Waals surface area contributed by atoms with E-state index >= 15 is 0 Å². The van der Waals surface area contributed by atoms with Crippen molar-refractivity contribution in [3.8, 4) is 28.6 Å². The second kappa shape index (κ2) is 11.2. The topological polar surface area (TPSA) is 119 Å². The Bertz CT molecular complexity index is 1160. The van der Waals surface area contributed by atoms with Crippen LogP contribution in [0.3, 0.4) is 0 Å². The third-order valence-electron chi connectivity index (χ3n) is 5.96. The average Bonchev–Trinajstić information content (AvgIpc) is 3.23. The van der Waals surface area contributed by atoms with E-state index in [1.54, 1.807) is 6.07 Å². The predicted molar refractivity (Wildman–Crippen MR) is 136 cm³/mol. The Balaban J connectivity index is 1.41. The van der Waals surface area contributed by atoms with E-state index in [4.69, 9.17) is 15.0 Å². The van der Waals surface area contributed by atoms with E-state index in [0.29, 0.717) is 36.2 Å². The maximum atomic E-state index is 11.6. The first-order chi connectivity index (χ1) is 16.9. The highest BCUT2D eigenvalue weighted by Crippen LogP contribution is 2.30. The third-order valence-corrected chi connectivity index (χ3v) is 5.96. The minimum Gasteiger partial charge on any atom is -0.489 e. The van der Waals surface area contributed by atoms with Crippen molar-refractivity contribution in [3.63, 3.8) is 0 Å². The molecule has 35 heavy (non-hydrogen) atoms. The van der Waals surface area contributed by atoms with Crippen LogP contribution in [0.1, 0.15) is 31.9 Å². The number of nitrogens with one attached hydrogen (secondary N) is 2. The Morgan fingerprint density at radius 1 is 1.11 bits per heavy atom. The van der Waals surface area contributed by atoms with Gasteiger partial charge in [0.2, 0.25) is 5.82 Å². The predicted octanol–water partition coefficient (Wildman–Crippen LogP) is 3.49. The second-order valence-corrected chi connectivity index (χ2v) is 8.95. The number of nitrogens with two attached hydrogens (primary N) is 1. The zero-order chi connectivity index (χ0) is 24.8. The summed E-state index contributed by atoms with van der Waals surface area (Å²) >= 11 is 0. The number of rotatable bonds is 8. The first-order valence-corrected chi connectivity index (χ1v) is 12.2. The van der Waals surface area contributed by atoms with Gasteiger partial charge in [-0.1, -0.05) is 17.3 Å². The summed E-state index contributed by atoms with van der Waals surface area (Å²) < 4.78 is 11.2. The molecule has 0 saturated heterocycles. The molecule has 0 aliphatic carbocycles. The van der Waals surface area contributed by atoms with E-state index in [9.17, 15) is 4.79 Å². The molecular weight excluding hydrogens is 444 g/mol. The van der Waals surface area contributed by atoms with E-state index in [-0.39, 0.29) is 12.1 Å². The molecular formula is C26H34N6O3. The average molecular weight is 479 g/mol. The highest BCUT2D eigenvalue weighted by Gasteiger charge is 2.17. The SMILES string of the molecule is CCNC(=O)NCCN1CCc2ccc(-c3noc(-c4ccc(OC(C)C)c(N)c4)n3)cc2CC1. The van der Waals surface area contributed by atoms with Gasteiger partial charge in [0.25, 0.3) is 5.89 Å². The van der Waals surface area contributed by atoms with E-state index in [0.717, 1.165) is 43.6 Å². The molecule has 3 aromatic rings. The molecule has 4 N–H and O–H groups in total. The maximum absolute atomic E-state index is 11.6. The molecule has 0 unspecified atom stereocenters. The standard InChI is InChI=1S/C26H34N6O3/c1-4-28-26(33)29-11-14-32-12-9-18-5-6-20(15-19(18)10-13-32)24-30-25(35-31-24)21-7-8-23(22(27)16-21)34-17(2)3/h5-8,15-17H,4,9-14,27H2,1-3H3,(H2,28,29,33). The number of nitrogen functional groups attached to an aromatic ring is 1. The van der Waals surface area contributed by atoms with Crippen LogP contribution in [0.25, 0.3) is 22.8 Å². The largest absolute Gasteiger partial charge is 0.489 e. The number of ether oxygens (including phenoxy) is 1. The molecule has 1 aliphatic heterocycles. The van der Waals surface area contributed by atoms with Gasteiger partial charge < -0.3 is 30.5 Å². The van der Waals surface area contributed by atoms with E-state index < -0.39 is 0 Å². The van der Waals surface area contributed by atoms with Crippen molar-refractivity contribution in [2.45, 2.75) is 39.7 Å². The molecule has 1 aliphatic rings. The quantitative estimate of drug-likeness (QED) is 0.424. The van der Waals surface area contributed by atoms with Gasteiger partial charge >= 0.3 is 6.03 Å². The lowest BCUT2D eigenvalue weighted by atomic mass is 10.00. The molecule has 9 heteroatoms. The number of urea groups is 1. The summed E-state index contributed by atoms with van der Waals surface area (Å²) in [5, 5.41) is 9.86. The summed E-state index contributed by atoms with van der Waals surface area (Å²) in [5.74, 6) is 1.61. The van der Waals surface area contributed by atoms with Crippen molar-refractivity contribution in [3.05, 3.63) is 47.5 Å². The molecule has 2 heterocycles. The molecule has 4 rings (SSSR count). The van der Waals surface area contributed by atoms with Gasteiger partial charge in [-0.05, 0) is 69.0 Å². The Kier molecular flexibility index (Phi) is 7.87. The minimum atomic E-state index is -0.114. The van der Waals surface area contributed by atoms with Crippen LogP contribution in [0.5, 0.6) is 5.75 Å². The van der Waals surface area contributed by atoms with Gasteiger partial charge in [0, 0.05) is 43.9 Å².